The molecule has 2 N–H and O–H groups in total. The number of hydrogen-bond donors (Lipinski definition) is 2. The van der Waals surface area contributed by atoms with Gasteiger partial charge in [0.05, 0.1) is 6.54 Å². The number of rotatable bonds is 8. The van der Waals surface area contributed by atoms with Gasteiger partial charge < -0.3 is 15.1 Å². The Hall–Kier alpha value is -0.750. The van der Waals surface area contributed by atoms with Crippen molar-refractivity contribution in [2.75, 3.05) is 16.8 Å². The van der Waals surface area contributed by atoms with Crippen molar-refractivity contribution in [3.8, 4) is 0 Å². The van der Waals surface area contributed by atoms with E-state index >= 15 is 0 Å². The van der Waals surface area contributed by atoms with Gasteiger partial charge in [-0.3, -0.25) is 0 Å². The monoisotopic (exact) mass is 256 g/mol. The first kappa shape index (κ1) is 12.7. The van der Waals surface area contributed by atoms with Crippen molar-refractivity contribution in [2.24, 2.45) is 0 Å². The average Bonchev–Trinajstić information content (AvgIpc) is 3.05. The van der Waals surface area contributed by atoms with Gasteiger partial charge in [-0.1, -0.05) is 12.0 Å². The molecule has 0 amide bonds. The number of anilines is 1. The molecule has 1 unspecified atom stereocenters. The molecule has 0 aliphatic heterocycles. The fourth-order valence-corrected chi connectivity index (χ4v) is 2.12. The molecule has 0 aromatic carbocycles. The van der Waals surface area contributed by atoms with E-state index in [0.29, 0.717) is 30.5 Å². The van der Waals surface area contributed by atoms with Gasteiger partial charge in [0.2, 0.25) is 5.89 Å². The van der Waals surface area contributed by atoms with Gasteiger partial charge in [-0.15, -0.1) is 5.10 Å². The van der Waals surface area contributed by atoms with E-state index in [1.807, 2.05) is 11.8 Å². The SMILES string of the molecule is CCSCC(C)Nc1nnc(CNC2CC2)o1. The maximum Gasteiger partial charge on any atom is 0.315 e. The molecule has 1 aliphatic rings. The van der Waals surface area contributed by atoms with E-state index in [2.05, 4.69) is 34.7 Å². The van der Waals surface area contributed by atoms with Crippen molar-refractivity contribution in [1.82, 2.24) is 15.5 Å². The fourth-order valence-electron chi connectivity index (χ4n) is 1.45. The Morgan fingerprint density at radius 1 is 1.47 bits per heavy atom. The summed E-state index contributed by atoms with van der Waals surface area (Å²) in [4.78, 5) is 0. The second kappa shape index (κ2) is 6.26. The fraction of sp³-hybridized carbons (Fsp3) is 0.818. The minimum atomic E-state index is 0.352. The Kier molecular flexibility index (Phi) is 4.67. The zero-order valence-corrected chi connectivity index (χ0v) is 11.2. The summed E-state index contributed by atoms with van der Waals surface area (Å²) in [6.07, 6.45) is 2.54. The Balaban J connectivity index is 1.72. The Labute approximate surface area is 106 Å². The lowest BCUT2D eigenvalue weighted by molar-refractivity contribution is 0.474. The van der Waals surface area contributed by atoms with E-state index in [0.717, 1.165) is 11.5 Å². The molecule has 0 spiro atoms. The number of nitrogens with one attached hydrogen (secondary N) is 2. The zero-order chi connectivity index (χ0) is 12.1. The van der Waals surface area contributed by atoms with Gasteiger partial charge in [-0.25, -0.2) is 0 Å². The number of hydrogen-bond acceptors (Lipinski definition) is 6. The molecule has 1 fully saturated rings. The van der Waals surface area contributed by atoms with Gasteiger partial charge in [0, 0.05) is 17.8 Å². The lowest BCUT2D eigenvalue weighted by Crippen LogP contribution is -2.18. The molecule has 0 bridgehead atoms. The summed E-state index contributed by atoms with van der Waals surface area (Å²) in [5, 5.41) is 14.5. The molecule has 1 aliphatic carbocycles. The highest BCUT2D eigenvalue weighted by molar-refractivity contribution is 7.99. The van der Waals surface area contributed by atoms with Crippen LogP contribution in [0.2, 0.25) is 0 Å². The van der Waals surface area contributed by atoms with E-state index in [1.54, 1.807) is 0 Å². The normalized spacial score (nSPS) is 17.1. The molecule has 1 saturated carbocycles. The van der Waals surface area contributed by atoms with Crippen LogP contribution in [0.3, 0.4) is 0 Å². The topological polar surface area (TPSA) is 63.0 Å². The second-order valence-corrected chi connectivity index (χ2v) is 5.68. The summed E-state index contributed by atoms with van der Waals surface area (Å²) in [6.45, 7) is 4.96. The van der Waals surface area contributed by atoms with Crippen LogP contribution in [0, 0.1) is 0 Å². The van der Waals surface area contributed by atoms with E-state index in [-0.39, 0.29) is 0 Å². The van der Waals surface area contributed by atoms with Crippen molar-refractivity contribution in [1.29, 1.82) is 0 Å². The summed E-state index contributed by atoms with van der Waals surface area (Å²) in [6, 6.07) is 1.55. The Bertz CT molecular complexity index is 340. The minimum absolute atomic E-state index is 0.352. The van der Waals surface area contributed by atoms with Crippen LogP contribution in [0.4, 0.5) is 6.01 Å². The summed E-state index contributed by atoms with van der Waals surface area (Å²) in [5.41, 5.74) is 0. The van der Waals surface area contributed by atoms with Crippen LogP contribution in [0.15, 0.2) is 4.42 Å². The van der Waals surface area contributed by atoms with Crippen LogP contribution in [0.1, 0.15) is 32.6 Å². The molecule has 0 saturated heterocycles. The van der Waals surface area contributed by atoms with Crippen LogP contribution >= 0.6 is 11.8 Å². The van der Waals surface area contributed by atoms with Gasteiger partial charge in [0.25, 0.3) is 0 Å². The standard InChI is InChI=1S/C11H20N4OS/c1-3-17-7-8(2)13-11-15-14-10(16-11)6-12-9-4-5-9/h8-9,12H,3-7H2,1-2H3,(H,13,15). The van der Waals surface area contributed by atoms with Crippen molar-refractivity contribution in [2.45, 2.75) is 45.3 Å². The zero-order valence-electron chi connectivity index (χ0n) is 10.4. The third-order valence-electron chi connectivity index (χ3n) is 2.53. The first-order chi connectivity index (χ1) is 8.28. The van der Waals surface area contributed by atoms with Crippen molar-refractivity contribution in [3.63, 3.8) is 0 Å². The second-order valence-electron chi connectivity index (χ2n) is 4.36. The summed E-state index contributed by atoms with van der Waals surface area (Å²) in [7, 11) is 0. The summed E-state index contributed by atoms with van der Waals surface area (Å²) >= 11 is 1.90. The molecule has 96 valence electrons. The molecular weight excluding hydrogens is 236 g/mol. The molecular formula is C11H20N4OS. The third-order valence-corrected chi connectivity index (χ3v) is 3.67. The van der Waals surface area contributed by atoms with E-state index in [4.69, 9.17) is 4.42 Å². The van der Waals surface area contributed by atoms with Crippen molar-refractivity contribution in [3.05, 3.63) is 5.89 Å². The lowest BCUT2D eigenvalue weighted by atomic mass is 10.4. The lowest BCUT2D eigenvalue weighted by Gasteiger charge is -2.09. The van der Waals surface area contributed by atoms with Crippen molar-refractivity contribution < 1.29 is 4.42 Å². The van der Waals surface area contributed by atoms with E-state index in [9.17, 15) is 0 Å². The molecule has 1 aromatic heterocycles. The highest BCUT2D eigenvalue weighted by Gasteiger charge is 2.21. The van der Waals surface area contributed by atoms with E-state index in [1.165, 1.54) is 12.8 Å². The van der Waals surface area contributed by atoms with Crippen molar-refractivity contribution >= 4 is 17.8 Å². The number of thioether (sulfide) groups is 1. The largest absolute Gasteiger partial charge is 0.407 e. The molecule has 2 rings (SSSR count). The van der Waals surface area contributed by atoms with Crippen LogP contribution in [0.25, 0.3) is 0 Å². The Morgan fingerprint density at radius 2 is 2.29 bits per heavy atom. The van der Waals surface area contributed by atoms with Gasteiger partial charge in [0.15, 0.2) is 0 Å². The highest BCUT2D eigenvalue weighted by atomic mass is 32.2. The minimum Gasteiger partial charge on any atom is -0.407 e. The molecule has 1 aromatic rings. The third kappa shape index (κ3) is 4.55. The molecule has 6 heteroatoms. The van der Waals surface area contributed by atoms with Crippen LogP contribution < -0.4 is 10.6 Å². The molecule has 0 radical (unpaired) electrons. The van der Waals surface area contributed by atoms with Gasteiger partial charge in [-0.2, -0.15) is 11.8 Å². The molecule has 17 heavy (non-hydrogen) atoms. The summed E-state index contributed by atoms with van der Waals surface area (Å²) in [5.74, 6) is 2.84. The van der Waals surface area contributed by atoms with Crippen LogP contribution in [-0.2, 0) is 6.54 Å². The first-order valence-electron chi connectivity index (χ1n) is 6.18. The Morgan fingerprint density at radius 3 is 3.00 bits per heavy atom. The highest BCUT2D eigenvalue weighted by Crippen LogP contribution is 2.19. The molecule has 1 heterocycles. The molecule has 1 atom stereocenters. The van der Waals surface area contributed by atoms with E-state index < -0.39 is 0 Å². The average molecular weight is 256 g/mol. The summed E-state index contributed by atoms with van der Waals surface area (Å²) < 4.78 is 5.51. The van der Waals surface area contributed by atoms with Gasteiger partial charge >= 0.3 is 6.01 Å². The van der Waals surface area contributed by atoms with Crippen LogP contribution in [0.5, 0.6) is 0 Å². The van der Waals surface area contributed by atoms with Gasteiger partial charge in [-0.05, 0) is 25.5 Å². The van der Waals surface area contributed by atoms with Gasteiger partial charge in [0.1, 0.15) is 0 Å². The number of nitrogens with zero attached hydrogens (tertiary/aromatic N) is 2. The first-order valence-corrected chi connectivity index (χ1v) is 7.33. The molecule has 5 nitrogen and oxygen atoms in total. The quantitative estimate of drug-likeness (QED) is 0.740. The maximum absolute atomic E-state index is 5.51. The van der Waals surface area contributed by atoms with Crippen LogP contribution in [-0.4, -0.2) is 33.8 Å². The predicted octanol–water partition coefficient (Wildman–Crippen LogP) is 1.88. The smallest absolute Gasteiger partial charge is 0.315 e. The number of aromatic nitrogens is 2. The maximum atomic E-state index is 5.51. The predicted molar refractivity (Wildman–Crippen MR) is 70.2 cm³/mol.